The van der Waals surface area contributed by atoms with Crippen molar-refractivity contribution in [1.29, 1.82) is 0 Å². The average molecular weight is 258 g/mol. The summed E-state index contributed by atoms with van der Waals surface area (Å²) in [4.78, 5) is 5.70. The van der Waals surface area contributed by atoms with Crippen LogP contribution in [0.1, 0.15) is 12.5 Å². The second-order valence-corrected chi connectivity index (χ2v) is 4.66. The highest BCUT2D eigenvalue weighted by Crippen LogP contribution is 2.24. The van der Waals surface area contributed by atoms with Crippen molar-refractivity contribution in [2.24, 2.45) is 0 Å². The Hall–Kier alpha value is -1.74. The lowest BCUT2D eigenvalue weighted by Gasteiger charge is -2.17. The third-order valence-corrected chi connectivity index (χ3v) is 3.51. The van der Waals surface area contributed by atoms with Gasteiger partial charge < -0.3 is 9.72 Å². The monoisotopic (exact) mass is 258 g/mol. The van der Waals surface area contributed by atoms with E-state index in [1.165, 1.54) is 16.5 Å². The minimum Gasteiger partial charge on any atom is -0.497 e. The number of hydrogen-bond acceptors (Lipinski definition) is 2. The van der Waals surface area contributed by atoms with E-state index < -0.39 is 0 Å². The second kappa shape index (κ2) is 6.43. The van der Waals surface area contributed by atoms with Gasteiger partial charge in [-0.3, -0.25) is 4.90 Å². The Morgan fingerprint density at radius 2 is 2.26 bits per heavy atom. The van der Waals surface area contributed by atoms with Gasteiger partial charge in [0.2, 0.25) is 0 Å². The molecule has 1 aromatic carbocycles. The first-order valence-corrected chi connectivity index (χ1v) is 6.75. The number of benzene rings is 1. The summed E-state index contributed by atoms with van der Waals surface area (Å²) in [5, 5.41) is 1.26. The molecule has 0 atom stereocenters. The van der Waals surface area contributed by atoms with Crippen LogP contribution in [0.25, 0.3) is 10.9 Å². The Kier molecular flexibility index (Phi) is 4.63. The lowest BCUT2D eigenvalue weighted by molar-refractivity contribution is 0.324. The van der Waals surface area contributed by atoms with E-state index in [-0.39, 0.29) is 0 Å². The summed E-state index contributed by atoms with van der Waals surface area (Å²) < 4.78 is 5.29. The topological polar surface area (TPSA) is 28.3 Å². The summed E-state index contributed by atoms with van der Waals surface area (Å²) in [6.07, 6.45) is 5.10. The van der Waals surface area contributed by atoms with Crippen LogP contribution in [0.3, 0.4) is 0 Å². The minimum atomic E-state index is 0.909. The lowest BCUT2D eigenvalue weighted by Crippen LogP contribution is -2.25. The van der Waals surface area contributed by atoms with E-state index in [1.807, 2.05) is 12.1 Å². The molecule has 0 aliphatic heterocycles. The second-order valence-electron chi connectivity index (χ2n) is 4.66. The fourth-order valence-electron chi connectivity index (χ4n) is 2.33. The SMILES string of the molecule is C=CCN(CC)CCc1c[nH]c2ccc(OC)cc12. The van der Waals surface area contributed by atoms with E-state index in [0.717, 1.165) is 31.8 Å². The van der Waals surface area contributed by atoms with Gasteiger partial charge in [-0.25, -0.2) is 0 Å². The zero-order chi connectivity index (χ0) is 13.7. The zero-order valence-electron chi connectivity index (χ0n) is 11.8. The van der Waals surface area contributed by atoms with Gasteiger partial charge in [-0.05, 0) is 36.7 Å². The first-order valence-electron chi connectivity index (χ1n) is 6.75. The van der Waals surface area contributed by atoms with Crippen LogP contribution in [-0.2, 0) is 6.42 Å². The van der Waals surface area contributed by atoms with E-state index >= 15 is 0 Å². The Morgan fingerprint density at radius 1 is 1.42 bits per heavy atom. The number of ether oxygens (including phenoxy) is 1. The van der Waals surface area contributed by atoms with Crippen molar-refractivity contribution in [3.63, 3.8) is 0 Å². The molecule has 3 heteroatoms. The van der Waals surface area contributed by atoms with E-state index in [9.17, 15) is 0 Å². The molecule has 0 fully saturated rings. The van der Waals surface area contributed by atoms with Gasteiger partial charge in [0.05, 0.1) is 7.11 Å². The number of nitrogens with one attached hydrogen (secondary N) is 1. The van der Waals surface area contributed by atoms with Crippen LogP contribution in [0.5, 0.6) is 5.75 Å². The number of rotatable bonds is 7. The van der Waals surface area contributed by atoms with Crippen LogP contribution in [0.15, 0.2) is 37.1 Å². The molecule has 2 aromatic rings. The highest BCUT2D eigenvalue weighted by molar-refractivity contribution is 5.84. The number of aromatic nitrogens is 1. The van der Waals surface area contributed by atoms with E-state index in [4.69, 9.17) is 4.74 Å². The predicted octanol–water partition coefficient (Wildman–Crippen LogP) is 3.23. The molecule has 0 amide bonds. The maximum atomic E-state index is 5.29. The minimum absolute atomic E-state index is 0.909. The number of likely N-dealkylation sites (N-methyl/N-ethyl adjacent to an activating group) is 1. The third kappa shape index (κ3) is 3.18. The maximum Gasteiger partial charge on any atom is 0.119 e. The maximum absolute atomic E-state index is 5.29. The molecule has 0 bridgehead atoms. The Bertz CT molecular complexity index is 545. The fraction of sp³-hybridized carbons (Fsp3) is 0.375. The number of methoxy groups -OCH3 is 1. The summed E-state index contributed by atoms with van der Waals surface area (Å²) >= 11 is 0. The molecule has 0 saturated heterocycles. The van der Waals surface area contributed by atoms with Gasteiger partial charge in [0, 0.05) is 30.2 Å². The smallest absolute Gasteiger partial charge is 0.119 e. The number of aromatic amines is 1. The van der Waals surface area contributed by atoms with E-state index in [0.29, 0.717) is 0 Å². The number of H-pyrrole nitrogens is 1. The Balaban J connectivity index is 2.13. The molecular weight excluding hydrogens is 236 g/mol. The van der Waals surface area contributed by atoms with Crippen LogP contribution in [0, 0.1) is 0 Å². The number of nitrogens with zero attached hydrogens (tertiary/aromatic N) is 1. The molecule has 0 saturated carbocycles. The quantitative estimate of drug-likeness (QED) is 0.772. The van der Waals surface area contributed by atoms with E-state index in [2.05, 4.69) is 41.7 Å². The van der Waals surface area contributed by atoms with Crippen molar-refractivity contribution in [2.45, 2.75) is 13.3 Å². The van der Waals surface area contributed by atoms with Crippen molar-refractivity contribution in [3.8, 4) is 5.75 Å². The molecule has 0 spiro atoms. The standard InChI is InChI=1S/C16H22N2O/c1-4-9-18(5-2)10-8-13-12-17-16-7-6-14(19-3)11-15(13)16/h4,6-7,11-12,17H,1,5,8-10H2,2-3H3. The Morgan fingerprint density at radius 3 is 2.95 bits per heavy atom. The van der Waals surface area contributed by atoms with Gasteiger partial charge in [-0.1, -0.05) is 13.0 Å². The van der Waals surface area contributed by atoms with Crippen LogP contribution in [0.4, 0.5) is 0 Å². The first kappa shape index (κ1) is 13.7. The van der Waals surface area contributed by atoms with Crippen molar-refractivity contribution in [3.05, 3.63) is 42.6 Å². The van der Waals surface area contributed by atoms with Crippen molar-refractivity contribution in [1.82, 2.24) is 9.88 Å². The van der Waals surface area contributed by atoms with Gasteiger partial charge in [0.25, 0.3) is 0 Å². The summed E-state index contributed by atoms with van der Waals surface area (Å²) in [7, 11) is 1.70. The molecule has 1 aromatic heterocycles. The average Bonchev–Trinajstić information content (AvgIpc) is 2.85. The highest BCUT2D eigenvalue weighted by Gasteiger charge is 2.07. The fourth-order valence-corrected chi connectivity index (χ4v) is 2.33. The first-order chi connectivity index (χ1) is 9.28. The largest absolute Gasteiger partial charge is 0.497 e. The molecule has 0 aliphatic rings. The molecule has 0 unspecified atom stereocenters. The van der Waals surface area contributed by atoms with Crippen LogP contribution in [-0.4, -0.2) is 36.6 Å². The van der Waals surface area contributed by atoms with Gasteiger partial charge in [0.1, 0.15) is 5.75 Å². The van der Waals surface area contributed by atoms with Crippen LogP contribution >= 0.6 is 0 Å². The Labute approximate surface area is 114 Å². The zero-order valence-corrected chi connectivity index (χ0v) is 11.8. The third-order valence-electron chi connectivity index (χ3n) is 3.51. The normalized spacial score (nSPS) is 11.1. The molecule has 19 heavy (non-hydrogen) atoms. The molecule has 1 N–H and O–H groups in total. The highest BCUT2D eigenvalue weighted by atomic mass is 16.5. The molecule has 0 aliphatic carbocycles. The summed E-state index contributed by atoms with van der Waals surface area (Å²) in [5.74, 6) is 0.909. The van der Waals surface area contributed by atoms with Crippen molar-refractivity contribution < 1.29 is 4.74 Å². The molecule has 1 heterocycles. The molecule has 2 rings (SSSR count). The van der Waals surface area contributed by atoms with Crippen molar-refractivity contribution >= 4 is 10.9 Å². The number of fused-ring (bicyclic) bond motifs is 1. The van der Waals surface area contributed by atoms with E-state index in [1.54, 1.807) is 7.11 Å². The molecule has 3 nitrogen and oxygen atoms in total. The molecule has 0 radical (unpaired) electrons. The summed E-state index contributed by atoms with van der Waals surface area (Å²) in [5.41, 5.74) is 2.51. The number of hydrogen-bond donors (Lipinski definition) is 1. The van der Waals surface area contributed by atoms with Gasteiger partial charge in [0.15, 0.2) is 0 Å². The van der Waals surface area contributed by atoms with Crippen LogP contribution in [0.2, 0.25) is 0 Å². The molecule has 102 valence electrons. The van der Waals surface area contributed by atoms with Crippen molar-refractivity contribution in [2.75, 3.05) is 26.7 Å². The van der Waals surface area contributed by atoms with Gasteiger partial charge >= 0.3 is 0 Å². The summed E-state index contributed by atoms with van der Waals surface area (Å²) in [6.45, 7) is 9.03. The lowest BCUT2D eigenvalue weighted by atomic mass is 10.1. The predicted molar refractivity (Wildman–Crippen MR) is 80.9 cm³/mol. The molecular formula is C16H22N2O. The summed E-state index contributed by atoms with van der Waals surface area (Å²) in [6, 6.07) is 6.16. The van der Waals surface area contributed by atoms with Gasteiger partial charge in [-0.15, -0.1) is 6.58 Å². The van der Waals surface area contributed by atoms with Gasteiger partial charge in [-0.2, -0.15) is 0 Å². The van der Waals surface area contributed by atoms with Crippen LogP contribution < -0.4 is 4.74 Å².